The number of hydrogen-bond donors (Lipinski definition) is 1. The highest BCUT2D eigenvalue weighted by atomic mass is 32.1. The number of carbonyl (C=O) groups excluding carboxylic acids is 2. The Bertz CT molecular complexity index is 1310. The van der Waals surface area contributed by atoms with Gasteiger partial charge in [-0.3, -0.25) is 19.3 Å². The van der Waals surface area contributed by atoms with Gasteiger partial charge >= 0.3 is 0 Å². The molecule has 0 aliphatic carbocycles. The second-order valence-electron chi connectivity index (χ2n) is 9.49. The van der Waals surface area contributed by atoms with Crippen LogP contribution in [0.3, 0.4) is 0 Å². The van der Waals surface area contributed by atoms with Crippen LogP contribution in [0.2, 0.25) is 0 Å². The van der Waals surface area contributed by atoms with E-state index in [1.165, 1.54) is 11.3 Å². The monoisotopic (exact) mass is 509 g/mol. The number of thiophene rings is 1. The van der Waals surface area contributed by atoms with Gasteiger partial charge in [-0.05, 0) is 54.2 Å². The summed E-state index contributed by atoms with van der Waals surface area (Å²) < 4.78 is 2.62. The molecule has 9 heteroatoms. The highest BCUT2D eigenvalue weighted by Crippen LogP contribution is 2.34. The molecule has 8 nitrogen and oxygen atoms in total. The van der Waals surface area contributed by atoms with Crippen LogP contribution in [-0.4, -0.2) is 91.0 Å². The highest BCUT2D eigenvalue weighted by Gasteiger charge is 2.23. The molecule has 1 N–H and O–H groups in total. The average molecular weight is 510 g/mol. The summed E-state index contributed by atoms with van der Waals surface area (Å²) in [6, 6.07) is 9.57. The number of fused-ring (bicyclic) bond motifs is 1. The molecule has 192 valence electrons. The molecule has 0 radical (unpaired) electrons. The molecule has 0 unspecified atom stereocenters. The van der Waals surface area contributed by atoms with Gasteiger partial charge in [0.05, 0.1) is 4.88 Å². The van der Waals surface area contributed by atoms with Crippen LogP contribution in [0.4, 0.5) is 0 Å². The average Bonchev–Trinajstić information content (AvgIpc) is 3.21. The van der Waals surface area contributed by atoms with E-state index in [4.69, 9.17) is 0 Å². The first-order chi connectivity index (χ1) is 17.3. The van der Waals surface area contributed by atoms with Crippen molar-refractivity contribution in [2.24, 2.45) is 7.05 Å². The van der Waals surface area contributed by atoms with Crippen molar-refractivity contribution in [3.63, 3.8) is 0 Å². The summed E-state index contributed by atoms with van der Waals surface area (Å²) in [7, 11) is 5.49. The van der Waals surface area contributed by atoms with E-state index in [9.17, 15) is 14.4 Å². The fourth-order valence-electron chi connectivity index (χ4n) is 4.52. The first-order valence-electron chi connectivity index (χ1n) is 12.4. The van der Waals surface area contributed by atoms with Crippen LogP contribution in [0.15, 0.2) is 41.3 Å². The maximum absolute atomic E-state index is 13.7. The minimum Gasteiger partial charge on any atom is -0.359 e. The molecule has 4 rings (SSSR count). The van der Waals surface area contributed by atoms with Crippen molar-refractivity contribution in [3.05, 3.63) is 57.3 Å². The third-order valence-electron chi connectivity index (χ3n) is 7.01. The van der Waals surface area contributed by atoms with E-state index >= 15 is 0 Å². The number of nitrogens with one attached hydrogen (secondary N) is 1. The molecule has 2 amide bonds. The number of nitrogens with zero attached hydrogens (tertiary/aromatic N) is 4. The zero-order valence-electron chi connectivity index (χ0n) is 21.5. The van der Waals surface area contributed by atoms with Crippen LogP contribution >= 0.6 is 11.3 Å². The van der Waals surface area contributed by atoms with Crippen molar-refractivity contribution in [1.29, 1.82) is 0 Å². The molecule has 36 heavy (non-hydrogen) atoms. The number of amides is 2. The van der Waals surface area contributed by atoms with Crippen LogP contribution in [-0.2, 0) is 11.8 Å². The van der Waals surface area contributed by atoms with Crippen LogP contribution in [0.25, 0.3) is 21.2 Å². The molecule has 3 heterocycles. The van der Waals surface area contributed by atoms with Crippen molar-refractivity contribution < 1.29 is 9.59 Å². The van der Waals surface area contributed by atoms with Crippen LogP contribution in [0.5, 0.6) is 0 Å². The van der Waals surface area contributed by atoms with Gasteiger partial charge < -0.3 is 19.7 Å². The summed E-state index contributed by atoms with van der Waals surface area (Å²) in [6.07, 6.45) is 2.11. The number of likely N-dealkylation sites (N-methyl/N-ethyl adjacent to an activating group) is 1. The number of aryl methyl sites for hydroxylation is 2. The Morgan fingerprint density at radius 3 is 2.44 bits per heavy atom. The van der Waals surface area contributed by atoms with Gasteiger partial charge in [-0.2, -0.15) is 0 Å². The molecule has 0 bridgehead atoms. The highest BCUT2D eigenvalue weighted by molar-refractivity contribution is 7.21. The summed E-state index contributed by atoms with van der Waals surface area (Å²) in [5.41, 5.74) is 2.87. The predicted molar refractivity (Wildman–Crippen MR) is 146 cm³/mol. The second-order valence-corrected chi connectivity index (χ2v) is 10.5. The van der Waals surface area contributed by atoms with Gasteiger partial charge in [-0.1, -0.05) is 6.07 Å². The number of benzene rings is 1. The largest absolute Gasteiger partial charge is 0.359 e. The smallest absolute Gasteiger partial charge is 0.264 e. The molecule has 3 aromatic rings. The second kappa shape index (κ2) is 11.4. The van der Waals surface area contributed by atoms with Crippen molar-refractivity contribution in [2.75, 3.05) is 59.9 Å². The summed E-state index contributed by atoms with van der Waals surface area (Å²) in [4.78, 5) is 44.7. The molecule has 0 spiro atoms. The van der Waals surface area contributed by atoms with Gasteiger partial charge in [0.25, 0.3) is 5.91 Å². The van der Waals surface area contributed by atoms with Crippen LogP contribution < -0.4 is 10.9 Å². The maximum atomic E-state index is 13.7. The van der Waals surface area contributed by atoms with Gasteiger partial charge in [0.15, 0.2) is 0 Å². The summed E-state index contributed by atoms with van der Waals surface area (Å²) in [5.74, 6) is -0.0854. The normalized spacial score (nSPS) is 14.8. The molecule has 1 fully saturated rings. The Labute approximate surface area is 216 Å². The number of hydrogen-bond acceptors (Lipinski definition) is 6. The minimum absolute atomic E-state index is 0.0182. The van der Waals surface area contributed by atoms with Crippen molar-refractivity contribution in [3.8, 4) is 11.1 Å². The van der Waals surface area contributed by atoms with E-state index in [0.29, 0.717) is 13.1 Å². The number of carbonyl (C=O) groups is 2. The minimum atomic E-state index is -0.0673. The lowest BCUT2D eigenvalue weighted by Gasteiger charge is -2.34. The van der Waals surface area contributed by atoms with Crippen molar-refractivity contribution >= 4 is 33.2 Å². The van der Waals surface area contributed by atoms with Crippen molar-refractivity contribution in [1.82, 2.24) is 24.6 Å². The van der Waals surface area contributed by atoms with Crippen LogP contribution in [0, 0.1) is 6.92 Å². The van der Waals surface area contributed by atoms with Gasteiger partial charge in [-0.25, -0.2) is 0 Å². The standard InChI is InChI=1S/C27H35N5O3S/c1-19-22-17-20(21-6-8-25(34)30(4)18-21)5-7-23(22)36-26(19)27(35)32(10-9-24(33)28-2)16-15-31-13-11-29(3)12-14-31/h5-8,17-18H,9-16H2,1-4H3,(H,28,33). The van der Waals surface area contributed by atoms with E-state index in [-0.39, 0.29) is 23.8 Å². The fourth-order valence-corrected chi connectivity index (χ4v) is 5.68. The first kappa shape index (κ1) is 26.1. The van der Waals surface area contributed by atoms with Gasteiger partial charge in [0.1, 0.15) is 0 Å². The molecule has 0 atom stereocenters. The Hall–Kier alpha value is -3.01. The number of aromatic nitrogens is 1. The van der Waals surface area contributed by atoms with E-state index in [1.807, 2.05) is 36.2 Å². The van der Waals surface area contributed by atoms with Crippen LogP contribution in [0.1, 0.15) is 21.7 Å². The Morgan fingerprint density at radius 1 is 1.03 bits per heavy atom. The zero-order valence-corrected chi connectivity index (χ0v) is 22.4. The topological polar surface area (TPSA) is 77.9 Å². The lowest BCUT2D eigenvalue weighted by atomic mass is 10.0. The number of piperazine rings is 1. The molecular weight excluding hydrogens is 474 g/mol. The van der Waals surface area contributed by atoms with Gasteiger partial charge in [-0.15, -0.1) is 11.3 Å². The lowest BCUT2D eigenvalue weighted by Crippen LogP contribution is -2.48. The number of rotatable bonds is 8. The van der Waals surface area contributed by atoms with Gasteiger partial charge in [0.2, 0.25) is 11.5 Å². The zero-order chi connectivity index (χ0) is 25.8. The predicted octanol–water partition coefficient (Wildman–Crippen LogP) is 2.40. The van der Waals surface area contributed by atoms with Gasteiger partial charge in [0, 0.05) is 83.3 Å². The molecule has 2 aromatic heterocycles. The number of pyridine rings is 1. The third kappa shape index (κ3) is 5.86. The third-order valence-corrected chi connectivity index (χ3v) is 8.27. The first-order valence-corrected chi connectivity index (χ1v) is 13.2. The molecular formula is C27H35N5O3S. The molecule has 0 saturated carbocycles. The quantitative estimate of drug-likeness (QED) is 0.505. The Morgan fingerprint density at radius 2 is 1.75 bits per heavy atom. The fraction of sp³-hybridized carbons (Fsp3) is 0.444. The maximum Gasteiger partial charge on any atom is 0.264 e. The van der Waals surface area contributed by atoms with E-state index in [2.05, 4.69) is 28.2 Å². The lowest BCUT2D eigenvalue weighted by molar-refractivity contribution is -0.120. The molecule has 1 aliphatic heterocycles. The van der Waals surface area contributed by atoms with E-state index in [1.54, 1.807) is 24.7 Å². The summed E-state index contributed by atoms with van der Waals surface area (Å²) >= 11 is 1.50. The van der Waals surface area contributed by atoms with Crippen molar-refractivity contribution in [2.45, 2.75) is 13.3 Å². The summed E-state index contributed by atoms with van der Waals surface area (Å²) in [5, 5.41) is 3.70. The molecule has 1 aliphatic rings. The Kier molecular flexibility index (Phi) is 8.23. The molecule has 1 saturated heterocycles. The SMILES string of the molecule is CNC(=O)CCN(CCN1CCN(C)CC1)C(=O)c1sc2ccc(-c3ccc(=O)n(C)c3)cc2c1C. The Balaban J connectivity index is 1.58. The summed E-state index contributed by atoms with van der Waals surface area (Å²) in [6.45, 7) is 7.81. The van der Waals surface area contributed by atoms with E-state index < -0.39 is 0 Å². The van der Waals surface area contributed by atoms with E-state index in [0.717, 1.165) is 64.4 Å². The molecule has 1 aromatic carbocycles.